The zero-order chi connectivity index (χ0) is 5.28. The fourth-order valence-corrected chi connectivity index (χ4v) is 0.818. The van der Waals surface area contributed by atoms with Crippen molar-refractivity contribution in [3.63, 3.8) is 0 Å². The van der Waals surface area contributed by atoms with E-state index < -0.39 is 0 Å². The molecule has 42 valence electrons. The molecule has 0 spiro atoms. The number of hydrogen-bond donors (Lipinski definition) is 2. The first kappa shape index (κ1) is 5.06. The van der Waals surface area contributed by atoms with Gasteiger partial charge in [-0.1, -0.05) is 6.92 Å². The SMILES string of the molecule is C[C@H]1CCNC1O. The van der Waals surface area contributed by atoms with Crippen LogP contribution in [0.15, 0.2) is 0 Å². The molecule has 2 N–H and O–H groups in total. The van der Waals surface area contributed by atoms with Crippen molar-refractivity contribution in [1.29, 1.82) is 0 Å². The highest BCUT2D eigenvalue weighted by molar-refractivity contribution is 4.70. The van der Waals surface area contributed by atoms with E-state index in [1.807, 2.05) is 6.92 Å². The summed E-state index contributed by atoms with van der Waals surface area (Å²) >= 11 is 0. The van der Waals surface area contributed by atoms with Crippen molar-refractivity contribution in [3.8, 4) is 0 Å². The summed E-state index contributed by atoms with van der Waals surface area (Å²) in [4.78, 5) is 0. The Morgan fingerprint density at radius 2 is 2.43 bits per heavy atom. The zero-order valence-electron chi connectivity index (χ0n) is 4.52. The average molecular weight is 101 g/mol. The molecule has 0 aromatic heterocycles. The Morgan fingerprint density at radius 3 is 2.57 bits per heavy atom. The van der Waals surface area contributed by atoms with Crippen LogP contribution in [0.5, 0.6) is 0 Å². The molecule has 0 bridgehead atoms. The van der Waals surface area contributed by atoms with Crippen LogP contribution in [-0.2, 0) is 0 Å². The summed E-state index contributed by atoms with van der Waals surface area (Å²) in [5.41, 5.74) is 0. The van der Waals surface area contributed by atoms with Crippen molar-refractivity contribution < 1.29 is 5.11 Å². The molecule has 7 heavy (non-hydrogen) atoms. The topological polar surface area (TPSA) is 32.3 Å². The van der Waals surface area contributed by atoms with Gasteiger partial charge in [-0.05, 0) is 18.9 Å². The molecule has 1 aliphatic rings. The maximum atomic E-state index is 8.89. The van der Waals surface area contributed by atoms with Gasteiger partial charge >= 0.3 is 0 Å². The Hall–Kier alpha value is -0.0800. The van der Waals surface area contributed by atoms with Gasteiger partial charge in [-0.3, -0.25) is 5.32 Å². The molecule has 1 aliphatic heterocycles. The highest BCUT2D eigenvalue weighted by atomic mass is 16.3. The quantitative estimate of drug-likeness (QED) is 0.448. The second kappa shape index (κ2) is 1.80. The first-order chi connectivity index (χ1) is 3.30. The maximum Gasteiger partial charge on any atom is 0.107 e. The van der Waals surface area contributed by atoms with Crippen LogP contribution in [0.4, 0.5) is 0 Å². The Morgan fingerprint density at radius 1 is 1.71 bits per heavy atom. The minimum Gasteiger partial charge on any atom is -0.378 e. The predicted octanol–water partition coefficient (Wildman–Crippen LogP) is -0.0658. The average Bonchev–Trinajstić information content (AvgIpc) is 1.91. The number of aliphatic hydroxyl groups is 1. The molecule has 1 unspecified atom stereocenters. The van der Waals surface area contributed by atoms with Gasteiger partial charge < -0.3 is 5.11 Å². The highest BCUT2D eigenvalue weighted by Crippen LogP contribution is 2.10. The first-order valence-electron chi connectivity index (χ1n) is 2.72. The Balaban J connectivity index is 2.33. The van der Waals surface area contributed by atoms with Gasteiger partial charge in [0.1, 0.15) is 6.23 Å². The lowest BCUT2D eigenvalue weighted by Gasteiger charge is -2.04. The molecular formula is C5H11NO. The molecule has 1 rings (SSSR count). The molecule has 1 heterocycles. The van der Waals surface area contributed by atoms with Crippen molar-refractivity contribution in [1.82, 2.24) is 5.32 Å². The van der Waals surface area contributed by atoms with Crippen LogP contribution in [0, 0.1) is 5.92 Å². The van der Waals surface area contributed by atoms with Gasteiger partial charge in [-0.2, -0.15) is 0 Å². The van der Waals surface area contributed by atoms with Crippen LogP contribution in [0.3, 0.4) is 0 Å². The van der Waals surface area contributed by atoms with E-state index in [2.05, 4.69) is 5.32 Å². The number of hydrogen-bond acceptors (Lipinski definition) is 2. The molecule has 0 aliphatic carbocycles. The Kier molecular flexibility index (Phi) is 1.30. The summed E-state index contributed by atoms with van der Waals surface area (Å²) in [5, 5.41) is 11.8. The molecule has 1 saturated heterocycles. The molecule has 0 amide bonds. The number of rotatable bonds is 0. The third-order valence-electron chi connectivity index (χ3n) is 1.49. The fraction of sp³-hybridized carbons (Fsp3) is 1.00. The van der Waals surface area contributed by atoms with Crippen molar-refractivity contribution >= 4 is 0 Å². The van der Waals surface area contributed by atoms with E-state index in [4.69, 9.17) is 5.11 Å². The molecule has 0 aromatic carbocycles. The van der Waals surface area contributed by atoms with E-state index in [1.165, 1.54) is 0 Å². The molecule has 0 aromatic rings. The van der Waals surface area contributed by atoms with Crippen LogP contribution in [-0.4, -0.2) is 17.9 Å². The van der Waals surface area contributed by atoms with Gasteiger partial charge in [-0.25, -0.2) is 0 Å². The second-order valence-electron chi connectivity index (χ2n) is 2.16. The van der Waals surface area contributed by atoms with Crippen LogP contribution in [0.2, 0.25) is 0 Å². The van der Waals surface area contributed by atoms with E-state index in [0.717, 1.165) is 13.0 Å². The van der Waals surface area contributed by atoms with Crippen molar-refractivity contribution in [3.05, 3.63) is 0 Å². The molecule has 0 radical (unpaired) electrons. The third kappa shape index (κ3) is 0.924. The van der Waals surface area contributed by atoms with Crippen molar-refractivity contribution in [2.75, 3.05) is 6.54 Å². The minimum atomic E-state index is -0.236. The summed E-state index contributed by atoms with van der Waals surface area (Å²) in [6.07, 6.45) is 0.876. The zero-order valence-corrected chi connectivity index (χ0v) is 4.52. The second-order valence-corrected chi connectivity index (χ2v) is 2.16. The van der Waals surface area contributed by atoms with Gasteiger partial charge in [0, 0.05) is 0 Å². The smallest absolute Gasteiger partial charge is 0.107 e. The molecule has 0 saturated carbocycles. The summed E-state index contributed by atoms with van der Waals surface area (Å²) in [7, 11) is 0. The summed E-state index contributed by atoms with van der Waals surface area (Å²) in [6.45, 7) is 3.02. The van der Waals surface area contributed by atoms with Gasteiger partial charge in [0.2, 0.25) is 0 Å². The van der Waals surface area contributed by atoms with E-state index in [0.29, 0.717) is 5.92 Å². The lowest BCUT2D eigenvalue weighted by molar-refractivity contribution is 0.121. The lowest BCUT2D eigenvalue weighted by atomic mass is 10.1. The van der Waals surface area contributed by atoms with Crippen molar-refractivity contribution in [2.24, 2.45) is 5.92 Å². The third-order valence-corrected chi connectivity index (χ3v) is 1.49. The number of aliphatic hydroxyl groups excluding tert-OH is 1. The summed E-state index contributed by atoms with van der Waals surface area (Å²) in [6, 6.07) is 0. The predicted molar refractivity (Wildman–Crippen MR) is 27.8 cm³/mol. The lowest BCUT2D eigenvalue weighted by Crippen LogP contribution is -2.24. The van der Waals surface area contributed by atoms with Crippen molar-refractivity contribution in [2.45, 2.75) is 19.6 Å². The maximum absolute atomic E-state index is 8.89. The van der Waals surface area contributed by atoms with Crippen LogP contribution >= 0.6 is 0 Å². The summed E-state index contributed by atoms with van der Waals surface area (Å²) < 4.78 is 0. The number of nitrogens with one attached hydrogen (secondary N) is 1. The van der Waals surface area contributed by atoms with Gasteiger partial charge in [0.15, 0.2) is 0 Å². The molecule has 2 atom stereocenters. The van der Waals surface area contributed by atoms with Gasteiger partial charge in [0.05, 0.1) is 0 Å². The van der Waals surface area contributed by atoms with E-state index in [9.17, 15) is 0 Å². The normalized spacial score (nSPS) is 42.0. The minimum absolute atomic E-state index is 0.236. The van der Waals surface area contributed by atoms with Gasteiger partial charge in [-0.15, -0.1) is 0 Å². The van der Waals surface area contributed by atoms with E-state index in [-0.39, 0.29) is 6.23 Å². The highest BCUT2D eigenvalue weighted by Gasteiger charge is 2.18. The standard InChI is InChI=1S/C5H11NO/c1-4-2-3-6-5(4)7/h4-7H,2-3H2,1H3/t4-,5?/m0/s1. The van der Waals surface area contributed by atoms with E-state index >= 15 is 0 Å². The molecule has 1 fully saturated rings. The Labute approximate surface area is 43.5 Å². The Bertz CT molecular complexity index is 57.1. The fourth-order valence-electron chi connectivity index (χ4n) is 0.818. The van der Waals surface area contributed by atoms with Crippen LogP contribution in [0.25, 0.3) is 0 Å². The first-order valence-corrected chi connectivity index (χ1v) is 2.72. The molecular weight excluding hydrogens is 90.1 g/mol. The molecule has 2 nitrogen and oxygen atoms in total. The van der Waals surface area contributed by atoms with Crippen LogP contribution in [0.1, 0.15) is 13.3 Å². The van der Waals surface area contributed by atoms with Crippen LogP contribution < -0.4 is 5.32 Å². The van der Waals surface area contributed by atoms with E-state index in [1.54, 1.807) is 0 Å². The summed E-state index contributed by atoms with van der Waals surface area (Å²) in [5.74, 6) is 0.458. The molecule has 2 heteroatoms. The monoisotopic (exact) mass is 101 g/mol. The van der Waals surface area contributed by atoms with Gasteiger partial charge in [0.25, 0.3) is 0 Å². The largest absolute Gasteiger partial charge is 0.378 e.